The maximum atomic E-state index is 11.7. The summed E-state index contributed by atoms with van der Waals surface area (Å²) in [6, 6.07) is 8.04. The van der Waals surface area contributed by atoms with Crippen LogP contribution in [0.3, 0.4) is 0 Å². The minimum absolute atomic E-state index is 0.0984. The molecule has 0 aliphatic heterocycles. The van der Waals surface area contributed by atoms with Crippen LogP contribution in [-0.2, 0) is 9.53 Å². The fourth-order valence-corrected chi connectivity index (χ4v) is 2.28. The molecule has 19 heavy (non-hydrogen) atoms. The summed E-state index contributed by atoms with van der Waals surface area (Å²) in [5, 5.41) is 2.83. The minimum Gasteiger partial charge on any atom is -0.368 e. The van der Waals surface area contributed by atoms with E-state index in [0.29, 0.717) is 6.04 Å². The lowest BCUT2D eigenvalue weighted by Crippen LogP contribution is -2.32. The van der Waals surface area contributed by atoms with Gasteiger partial charge < -0.3 is 15.8 Å². The third kappa shape index (κ3) is 4.65. The molecule has 1 aromatic carbocycles. The van der Waals surface area contributed by atoms with E-state index >= 15 is 0 Å². The molecule has 1 aromatic rings. The van der Waals surface area contributed by atoms with Crippen molar-refractivity contribution < 1.29 is 9.53 Å². The summed E-state index contributed by atoms with van der Waals surface area (Å²) in [5.74, 6) is -0.0984. The van der Waals surface area contributed by atoms with E-state index in [1.807, 2.05) is 31.2 Å². The largest absolute Gasteiger partial charge is 0.368 e. The van der Waals surface area contributed by atoms with Gasteiger partial charge in [-0.05, 0) is 44.7 Å². The number of hydrogen-bond donors (Lipinski definition) is 2. The van der Waals surface area contributed by atoms with Crippen molar-refractivity contribution in [1.82, 2.24) is 0 Å². The van der Waals surface area contributed by atoms with Gasteiger partial charge in [-0.1, -0.05) is 17.7 Å². The average Bonchev–Trinajstić information content (AvgIpc) is 2.41. The highest BCUT2D eigenvalue weighted by molar-refractivity contribution is 5.91. The Hall–Kier alpha value is -1.39. The highest BCUT2D eigenvalue weighted by Crippen LogP contribution is 2.19. The summed E-state index contributed by atoms with van der Waals surface area (Å²) in [4.78, 5) is 11.7. The number of rotatable bonds is 4. The number of carbonyl (C=O) groups excluding carboxylic acids is 1. The fraction of sp³-hybridized carbons (Fsp3) is 0.533. The Balaban J connectivity index is 1.71. The van der Waals surface area contributed by atoms with Gasteiger partial charge in [-0.15, -0.1) is 0 Å². The van der Waals surface area contributed by atoms with Gasteiger partial charge in [0.15, 0.2) is 0 Å². The Labute approximate surface area is 114 Å². The number of benzene rings is 1. The van der Waals surface area contributed by atoms with Gasteiger partial charge in [0.25, 0.3) is 0 Å². The second-order valence-electron chi connectivity index (χ2n) is 5.26. The van der Waals surface area contributed by atoms with Crippen molar-refractivity contribution in [3.05, 3.63) is 29.8 Å². The molecule has 0 aromatic heterocycles. The van der Waals surface area contributed by atoms with E-state index in [9.17, 15) is 4.79 Å². The zero-order valence-corrected chi connectivity index (χ0v) is 11.4. The summed E-state index contributed by atoms with van der Waals surface area (Å²) in [6.07, 6.45) is 4.08. The molecular formula is C15H22N2O2. The molecule has 2 rings (SSSR count). The van der Waals surface area contributed by atoms with E-state index in [4.69, 9.17) is 10.5 Å². The topological polar surface area (TPSA) is 64.3 Å². The highest BCUT2D eigenvalue weighted by Gasteiger charge is 2.19. The number of ether oxygens (including phenoxy) is 1. The van der Waals surface area contributed by atoms with E-state index in [0.717, 1.165) is 31.4 Å². The van der Waals surface area contributed by atoms with Crippen molar-refractivity contribution in [2.45, 2.75) is 44.8 Å². The van der Waals surface area contributed by atoms with Gasteiger partial charge in [0.1, 0.15) is 6.61 Å². The first-order chi connectivity index (χ1) is 9.13. The summed E-state index contributed by atoms with van der Waals surface area (Å²) in [7, 11) is 0. The van der Waals surface area contributed by atoms with Gasteiger partial charge in [0.2, 0.25) is 5.91 Å². The maximum Gasteiger partial charge on any atom is 0.250 e. The third-order valence-electron chi connectivity index (χ3n) is 3.50. The smallest absolute Gasteiger partial charge is 0.250 e. The second-order valence-corrected chi connectivity index (χ2v) is 5.26. The summed E-state index contributed by atoms with van der Waals surface area (Å²) < 4.78 is 5.62. The Kier molecular flexibility index (Phi) is 4.93. The minimum atomic E-state index is -0.0984. The Morgan fingerprint density at radius 1 is 1.26 bits per heavy atom. The van der Waals surface area contributed by atoms with Crippen LogP contribution < -0.4 is 11.1 Å². The molecular weight excluding hydrogens is 240 g/mol. The van der Waals surface area contributed by atoms with Crippen molar-refractivity contribution >= 4 is 11.6 Å². The van der Waals surface area contributed by atoms with Gasteiger partial charge in [-0.3, -0.25) is 4.79 Å². The SMILES string of the molecule is Cc1ccc(NC(=O)COC2CCC(N)CC2)cc1. The van der Waals surface area contributed by atoms with Gasteiger partial charge in [-0.25, -0.2) is 0 Å². The summed E-state index contributed by atoms with van der Waals surface area (Å²) in [5.41, 5.74) is 7.82. The highest BCUT2D eigenvalue weighted by atomic mass is 16.5. The molecule has 0 unspecified atom stereocenters. The van der Waals surface area contributed by atoms with E-state index in [-0.39, 0.29) is 18.6 Å². The molecule has 1 aliphatic carbocycles. The Bertz CT molecular complexity index is 409. The van der Waals surface area contributed by atoms with E-state index in [1.165, 1.54) is 5.56 Å². The van der Waals surface area contributed by atoms with Gasteiger partial charge in [0, 0.05) is 11.7 Å². The fourth-order valence-electron chi connectivity index (χ4n) is 2.28. The summed E-state index contributed by atoms with van der Waals surface area (Å²) in [6.45, 7) is 2.14. The molecule has 0 atom stereocenters. The second kappa shape index (κ2) is 6.68. The number of nitrogens with two attached hydrogens (primary N) is 1. The summed E-state index contributed by atoms with van der Waals surface area (Å²) >= 11 is 0. The molecule has 1 saturated carbocycles. The molecule has 4 nitrogen and oxygen atoms in total. The van der Waals surface area contributed by atoms with Crippen molar-refractivity contribution in [3.63, 3.8) is 0 Å². The standard InChI is InChI=1S/C15H22N2O2/c1-11-2-6-13(7-3-11)17-15(18)10-19-14-8-4-12(16)5-9-14/h2-3,6-7,12,14H,4-5,8-10,16H2,1H3,(H,17,18). The molecule has 1 amide bonds. The van der Waals surface area contributed by atoms with Crippen molar-refractivity contribution in [1.29, 1.82) is 0 Å². The van der Waals surface area contributed by atoms with Crippen molar-refractivity contribution in [2.75, 3.05) is 11.9 Å². The number of aryl methyl sites for hydroxylation is 1. The van der Waals surface area contributed by atoms with E-state index in [1.54, 1.807) is 0 Å². The molecule has 3 N–H and O–H groups in total. The Morgan fingerprint density at radius 3 is 2.53 bits per heavy atom. The first-order valence-electron chi connectivity index (χ1n) is 6.87. The van der Waals surface area contributed by atoms with Gasteiger partial charge in [0.05, 0.1) is 6.10 Å². The number of anilines is 1. The molecule has 1 aliphatic rings. The first-order valence-corrected chi connectivity index (χ1v) is 6.87. The average molecular weight is 262 g/mol. The normalized spacial score (nSPS) is 23.1. The van der Waals surface area contributed by atoms with Crippen LogP contribution in [0.25, 0.3) is 0 Å². The number of carbonyl (C=O) groups is 1. The van der Waals surface area contributed by atoms with Crippen molar-refractivity contribution in [3.8, 4) is 0 Å². The quantitative estimate of drug-likeness (QED) is 0.874. The molecule has 0 radical (unpaired) electrons. The Morgan fingerprint density at radius 2 is 1.89 bits per heavy atom. The lowest BCUT2D eigenvalue weighted by atomic mass is 9.94. The van der Waals surface area contributed by atoms with Crippen LogP contribution >= 0.6 is 0 Å². The van der Waals surface area contributed by atoms with Crippen LogP contribution in [0.1, 0.15) is 31.2 Å². The van der Waals surface area contributed by atoms with Crippen LogP contribution in [0.4, 0.5) is 5.69 Å². The van der Waals surface area contributed by atoms with Crippen LogP contribution in [0.2, 0.25) is 0 Å². The third-order valence-corrected chi connectivity index (χ3v) is 3.50. The molecule has 0 spiro atoms. The molecule has 1 fully saturated rings. The lowest BCUT2D eigenvalue weighted by molar-refractivity contribution is -0.123. The van der Waals surface area contributed by atoms with Crippen molar-refractivity contribution in [2.24, 2.45) is 5.73 Å². The van der Waals surface area contributed by atoms with Crippen LogP contribution in [0, 0.1) is 6.92 Å². The molecule has 0 heterocycles. The predicted molar refractivity (Wildman–Crippen MR) is 76.0 cm³/mol. The zero-order chi connectivity index (χ0) is 13.7. The number of hydrogen-bond acceptors (Lipinski definition) is 3. The van der Waals surface area contributed by atoms with Crippen LogP contribution in [0.5, 0.6) is 0 Å². The first kappa shape index (κ1) is 14.0. The van der Waals surface area contributed by atoms with Gasteiger partial charge >= 0.3 is 0 Å². The number of amides is 1. The van der Waals surface area contributed by atoms with Crippen LogP contribution in [0.15, 0.2) is 24.3 Å². The number of nitrogens with one attached hydrogen (secondary N) is 1. The molecule has 0 saturated heterocycles. The molecule has 4 heteroatoms. The van der Waals surface area contributed by atoms with Gasteiger partial charge in [-0.2, -0.15) is 0 Å². The maximum absolute atomic E-state index is 11.7. The van der Waals surface area contributed by atoms with E-state index in [2.05, 4.69) is 5.32 Å². The molecule has 104 valence electrons. The zero-order valence-electron chi connectivity index (χ0n) is 11.4. The lowest BCUT2D eigenvalue weighted by Gasteiger charge is -2.25. The van der Waals surface area contributed by atoms with E-state index < -0.39 is 0 Å². The van der Waals surface area contributed by atoms with Crippen LogP contribution in [-0.4, -0.2) is 24.7 Å². The monoisotopic (exact) mass is 262 g/mol. The predicted octanol–water partition coefficient (Wildman–Crippen LogP) is 2.22. The molecule has 0 bridgehead atoms.